The lowest BCUT2D eigenvalue weighted by Crippen LogP contribution is -2.47. The highest BCUT2D eigenvalue weighted by Gasteiger charge is 2.30. The van der Waals surface area contributed by atoms with Crippen molar-refractivity contribution < 1.29 is 9.21 Å². The van der Waals surface area contributed by atoms with E-state index >= 15 is 0 Å². The first-order valence-electron chi connectivity index (χ1n) is 7.73. The maximum atomic E-state index is 11.1. The molecule has 0 bridgehead atoms. The van der Waals surface area contributed by atoms with E-state index in [1.807, 2.05) is 4.68 Å². The van der Waals surface area contributed by atoms with Gasteiger partial charge in [0.2, 0.25) is 5.89 Å². The van der Waals surface area contributed by atoms with E-state index in [4.69, 9.17) is 10.2 Å². The number of hydrogen-bond acceptors (Lipinski definition) is 5. The van der Waals surface area contributed by atoms with E-state index < -0.39 is 5.91 Å². The summed E-state index contributed by atoms with van der Waals surface area (Å²) in [4.78, 5) is 18.0. The van der Waals surface area contributed by atoms with Gasteiger partial charge in [0.05, 0.1) is 30.0 Å². The summed E-state index contributed by atoms with van der Waals surface area (Å²) < 4.78 is 7.67. The summed E-state index contributed by atoms with van der Waals surface area (Å²) >= 11 is 0. The first-order valence-corrected chi connectivity index (χ1v) is 7.73. The fourth-order valence-corrected chi connectivity index (χ4v) is 3.17. The molecule has 0 spiro atoms. The normalized spacial score (nSPS) is 18.9. The van der Waals surface area contributed by atoms with Gasteiger partial charge in [-0.2, -0.15) is 5.10 Å². The molecule has 1 saturated heterocycles. The third-order valence-corrected chi connectivity index (χ3v) is 4.45. The fourth-order valence-electron chi connectivity index (χ4n) is 3.17. The van der Waals surface area contributed by atoms with Gasteiger partial charge in [0, 0.05) is 25.7 Å². The van der Waals surface area contributed by atoms with E-state index in [0.29, 0.717) is 5.56 Å². The van der Waals surface area contributed by atoms with Crippen molar-refractivity contribution in [1.29, 1.82) is 0 Å². The second-order valence-corrected chi connectivity index (χ2v) is 6.11. The van der Waals surface area contributed by atoms with Crippen LogP contribution in [-0.4, -0.2) is 38.7 Å². The number of rotatable bonds is 4. The summed E-state index contributed by atoms with van der Waals surface area (Å²) in [6.45, 7) is 2.51. The maximum absolute atomic E-state index is 11.1. The summed E-state index contributed by atoms with van der Waals surface area (Å²) in [6.07, 6.45) is 7.72. The Morgan fingerprint density at radius 2 is 2.18 bits per heavy atom. The third-order valence-electron chi connectivity index (χ3n) is 4.45. The van der Waals surface area contributed by atoms with Crippen LogP contribution in [0, 0.1) is 0 Å². The van der Waals surface area contributed by atoms with Gasteiger partial charge >= 0.3 is 0 Å². The monoisotopic (exact) mass is 301 g/mol. The number of aryl methyl sites for hydroxylation is 2. The molecule has 3 heterocycles. The molecule has 1 fully saturated rings. The van der Waals surface area contributed by atoms with Crippen LogP contribution in [0.1, 0.15) is 46.6 Å². The molecule has 22 heavy (non-hydrogen) atoms. The number of amides is 1. The number of carbonyl (C=O) groups is 1. The summed E-state index contributed by atoms with van der Waals surface area (Å²) in [6, 6.07) is 0.290. The molecule has 2 aromatic heterocycles. The Kier molecular flexibility index (Phi) is 3.22. The van der Waals surface area contributed by atoms with Crippen LogP contribution in [0.15, 0.2) is 16.8 Å². The molecule has 0 atom stereocenters. The van der Waals surface area contributed by atoms with Crippen LogP contribution in [-0.2, 0) is 19.4 Å². The summed E-state index contributed by atoms with van der Waals surface area (Å²) in [5.74, 6) is 1.47. The molecule has 2 aromatic rings. The Balaban J connectivity index is 1.35. The summed E-state index contributed by atoms with van der Waals surface area (Å²) in [7, 11) is 0. The Bertz CT molecular complexity index is 675. The second kappa shape index (κ2) is 5.24. The molecule has 1 aliphatic carbocycles. The van der Waals surface area contributed by atoms with Crippen molar-refractivity contribution in [3.8, 4) is 0 Å². The van der Waals surface area contributed by atoms with Crippen LogP contribution < -0.4 is 5.73 Å². The van der Waals surface area contributed by atoms with Gasteiger partial charge in [0.15, 0.2) is 0 Å². The van der Waals surface area contributed by atoms with Crippen molar-refractivity contribution in [3.63, 3.8) is 0 Å². The number of likely N-dealkylation sites (tertiary alicyclic amines) is 1. The van der Waals surface area contributed by atoms with Crippen molar-refractivity contribution in [3.05, 3.63) is 35.3 Å². The molecular formula is C15H19N5O2. The van der Waals surface area contributed by atoms with Crippen LogP contribution in [0.5, 0.6) is 0 Å². The van der Waals surface area contributed by atoms with Crippen LogP contribution in [0.4, 0.5) is 0 Å². The van der Waals surface area contributed by atoms with Gasteiger partial charge in [-0.1, -0.05) is 0 Å². The Morgan fingerprint density at radius 3 is 2.91 bits per heavy atom. The maximum Gasteiger partial charge on any atom is 0.251 e. The topological polar surface area (TPSA) is 90.2 Å². The highest BCUT2D eigenvalue weighted by molar-refractivity contribution is 5.92. The predicted molar refractivity (Wildman–Crippen MR) is 78.2 cm³/mol. The van der Waals surface area contributed by atoms with Crippen molar-refractivity contribution in [2.75, 3.05) is 13.1 Å². The van der Waals surface area contributed by atoms with E-state index in [-0.39, 0.29) is 6.04 Å². The largest absolute Gasteiger partial charge is 0.444 e. The zero-order valence-corrected chi connectivity index (χ0v) is 12.4. The lowest BCUT2D eigenvalue weighted by atomic mass is 10.0. The first-order chi connectivity index (χ1) is 10.7. The molecule has 0 unspecified atom stereocenters. The highest BCUT2D eigenvalue weighted by Crippen LogP contribution is 2.26. The second-order valence-electron chi connectivity index (χ2n) is 6.11. The van der Waals surface area contributed by atoms with Crippen LogP contribution in [0.3, 0.4) is 0 Å². The van der Waals surface area contributed by atoms with Crippen molar-refractivity contribution in [1.82, 2.24) is 19.7 Å². The number of primary amides is 1. The van der Waals surface area contributed by atoms with Crippen LogP contribution in [0.2, 0.25) is 0 Å². The van der Waals surface area contributed by atoms with Crippen LogP contribution >= 0.6 is 0 Å². The average molecular weight is 301 g/mol. The molecule has 1 amide bonds. The Morgan fingerprint density at radius 1 is 1.36 bits per heavy atom. The van der Waals surface area contributed by atoms with Gasteiger partial charge < -0.3 is 10.2 Å². The highest BCUT2D eigenvalue weighted by atomic mass is 16.4. The van der Waals surface area contributed by atoms with E-state index in [1.54, 1.807) is 6.20 Å². The average Bonchev–Trinajstić information content (AvgIpc) is 3.08. The van der Waals surface area contributed by atoms with Gasteiger partial charge in [-0.3, -0.25) is 14.4 Å². The number of carbonyl (C=O) groups excluding carboxylic acids is 1. The zero-order chi connectivity index (χ0) is 15.1. The molecule has 0 radical (unpaired) electrons. The zero-order valence-electron chi connectivity index (χ0n) is 12.4. The first kappa shape index (κ1) is 13.5. The molecule has 2 N–H and O–H groups in total. The molecule has 2 aliphatic rings. The minimum Gasteiger partial charge on any atom is -0.444 e. The number of nitrogens with two attached hydrogens (primary N) is 1. The Hall–Kier alpha value is -2.15. The number of nitrogens with zero attached hydrogens (tertiary/aromatic N) is 4. The molecule has 1 aliphatic heterocycles. The number of hydrogen-bond donors (Lipinski definition) is 1. The molecule has 7 heteroatoms. The molecule has 0 saturated carbocycles. The van der Waals surface area contributed by atoms with Gasteiger partial charge in [-0.05, 0) is 19.3 Å². The van der Waals surface area contributed by atoms with Crippen molar-refractivity contribution in [2.45, 2.75) is 38.3 Å². The van der Waals surface area contributed by atoms with Gasteiger partial charge in [0.25, 0.3) is 5.91 Å². The lowest BCUT2D eigenvalue weighted by molar-refractivity contribution is 0.0810. The fraction of sp³-hybridized carbons (Fsp3) is 0.533. The lowest BCUT2D eigenvalue weighted by Gasteiger charge is -2.38. The summed E-state index contributed by atoms with van der Waals surface area (Å²) in [5, 5.41) is 4.20. The third kappa shape index (κ3) is 2.41. The van der Waals surface area contributed by atoms with Gasteiger partial charge in [0.1, 0.15) is 5.76 Å². The quantitative estimate of drug-likeness (QED) is 0.906. The molecule has 0 aromatic carbocycles. The standard InChI is InChI=1S/C15H19N5O2/c16-15(21)10-5-17-20(6-10)11-7-19(8-11)9-14-18-12-3-1-2-4-13(12)22-14/h5-6,11H,1-4,7-9H2,(H2,16,21). The van der Waals surface area contributed by atoms with E-state index in [9.17, 15) is 4.79 Å². The predicted octanol–water partition coefficient (Wildman–Crippen LogP) is 0.906. The van der Waals surface area contributed by atoms with Gasteiger partial charge in [-0.25, -0.2) is 4.98 Å². The van der Waals surface area contributed by atoms with E-state index in [0.717, 1.165) is 49.8 Å². The Labute approximate surface area is 128 Å². The van der Waals surface area contributed by atoms with Gasteiger partial charge in [-0.15, -0.1) is 0 Å². The van der Waals surface area contributed by atoms with Crippen molar-refractivity contribution in [2.24, 2.45) is 5.73 Å². The summed E-state index contributed by atoms with van der Waals surface area (Å²) in [5.41, 5.74) is 6.85. The van der Waals surface area contributed by atoms with E-state index in [2.05, 4.69) is 15.0 Å². The smallest absolute Gasteiger partial charge is 0.251 e. The van der Waals surface area contributed by atoms with E-state index in [1.165, 1.54) is 19.0 Å². The number of aromatic nitrogens is 3. The minimum absolute atomic E-state index is 0.290. The van der Waals surface area contributed by atoms with Crippen molar-refractivity contribution >= 4 is 5.91 Å². The van der Waals surface area contributed by atoms with Crippen LogP contribution in [0.25, 0.3) is 0 Å². The number of fused-ring (bicyclic) bond motifs is 1. The number of oxazole rings is 1. The molecule has 4 rings (SSSR count). The SMILES string of the molecule is NC(=O)c1cnn(C2CN(Cc3nc4c(o3)CCCC4)C2)c1. The molecular weight excluding hydrogens is 282 g/mol. The minimum atomic E-state index is -0.437. The molecule has 7 nitrogen and oxygen atoms in total. The molecule has 116 valence electrons.